The largest absolute Gasteiger partial charge is 0.481 e. The van der Waals surface area contributed by atoms with Crippen LogP contribution >= 0.6 is 0 Å². The molecule has 1 N–H and O–H groups in total. The number of carbonyl (C=O) groups excluding carboxylic acids is 2. The SMILES string of the molecule is O=C(O)C1CC2CCC(C1)N2CN1C(=O)c2ccccc2C1=O. The normalized spacial score (nSPS) is 29.9. The summed E-state index contributed by atoms with van der Waals surface area (Å²) in [5.41, 5.74) is 0.926. The van der Waals surface area contributed by atoms with Crippen LogP contribution in [0.15, 0.2) is 24.3 Å². The van der Waals surface area contributed by atoms with Crippen LogP contribution in [0.1, 0.15) is 46.4 Å². The first-order chi connectivity index (χ1) is 11.1. The summed E-state index contributed by atoms with van der Waals surface area (Å²) in [5.74, 6) is -1.52. The van der Waals surface area contributed by atoms with Gasteiger partial charge in [0.2, 0.25) is 0 Å². The van der Waals surface area contributed by atoms with E-state index in [1.807, 2.05) is 0 Å². The fourth-order valence-electron chi connectivity index (χ4n) is 4.24. The molecule has 0 aliphatic carbocycles. The zero-order chi connectivity index (χ0) is 16.1. The predicted molar refractivity (Wildman–Crippen MR) is 80.8 cm³/mol. The van der Waals surface area contributed by atoms with E-state index in [-0.39, 0.29) is 36.5 Å². The second kappa shape index (κ2) is 5.16. The Kier molecular flexibility index (Phi) is 3.23. The number of nitrogens with zero attached hydrogens (tertiary/aromatic N) is 2. The van der Waals surface area contributed by atoms with Crippen LogP contribution in [0.25, 0.3) is 0 Å². The molecule has 0 radical (unpaired) electrons. The molecule has 0 saturated carbocycles. The summed E-state index contributed by atoms with van der Waals surface area (Å²) in [6.07, 6.45) is 3.10. The van der Waals surface area contributed by atoms with Gasteiger partial charge in [-0.25, -0.2) is 0 Å². The number of hydrogen-bond acceptors (Lipinski definition) is 4. The van der Waals surface area contributed by atoms with Crippen LogP contribution in [0.5, 0.6) is 0 Å². The van der Waals surface area contributed by atoms with Crippen molar-refractivity contribution in [3.63, 3.8) is 0 Å². The first kappa shape index (κ1) is 14.4. The number of aliphatic carboxylic acids is 1. The number of carboxylic acids is 1. The standard InChI is InChI=1S/C17H18N2O4/c20-15-13-3-1-2-4-14(13)16(21)19(15)9-18-11-5-6-12(18)8-10(7-11)17(22)23/h1-4,10-12H,5-9H2,(H,22,23). The summed E-state index contributed by atoms with van der Waals surface area (Å²) < 4.78 is 0. The van der Waals surface area contributed by atoms with Crippen molar-refractivity contribution in [2.24, 2.45) is 5.92 Å². The topological polar surface area (TPSA) is 77.9 Å². The van der Waals surface area contributed by atoms with E-state index in [4.69, 9.17) is 0 Å². The van der Waals surface area contributed by atoms with Crippen LogP contribution in [0.2, 0.25) is 0 Å². The summed E-state index contributed by atoms with van der Waals surface area (Å²) in [5, 5.41) is 9.24. The van der Waals surface area contributed by atoms with Crippen LogP contribution in [0.4, 0.5) is 0 Å². The third-order valence-corrected chi connectivity index (χ3v) is 5.42. The Balaban J connectivity index is 1.53. The molecular formula is C17H18N2O4. The van der Waals surface area contributed by atoms with Gasteiger partial charge in [-0.3, -0.25) is 24.2 Å². The van der Waals surface area contributed by atoms with Gasteiger partial charge in [0.05, 0.1) is 23.7 Å². The maximum atomic E-state index is 12.5. The summed E-state index contributed by atoms with van der Waals surface area (Å²) in [7, 11) is 0. The van der Waals surface area contributed by atoms with Gasteiger partial charge >= 0.3 is 5.97 Å². The lowest BCUT2D eigenvalue weighted by Gasteiger charge is -2.39. The third-order valence-electron chi connectivity index (χ3n) is 5.42. The maximum Gasteiger partial charge on any atom is 0.306 e. The molecule has 1 aromatic rings. The number of imide groups is 1. The molecule has 2 unspecified atom stereocenters. The zero-order valence-electron chi connectivity index (χ0n) is 12.6. The van der Waals surface area contributed by atoms with Crippen LogP contribution in [-0.2, 0) is 4.79 Å². The molecule has 2 saturated heterocycles. The number of benzene rings is 1. The van der Waals surface area contributed by atoms with Crippen LogP contribution in [0, 0.1) is 5.92 Å². The van der Waals surface area contributed by atoms with Gasteiger partial charge in [-0.1, -0.05) is 12.1 Å². The second-order valence-corrected chi connectivity index (χ2v) is 6.63. The highest BCUT2D eigenvalue weighted by atomic mass is 16.4. The molecule has 2 fully saturated rings. The lowest BCUT2D eigenvalue weighted by Crippen LogP contribution is -2.50. The number of hydrogen-bond donors (Lipinski definition) is 1. The molecule has 1 aromatic carbocycles. The van der Waals surface area contributed by atoms with Gasteiger partial charge in [-0.2, -0.15) is 0 Å². The quantitative estimate of drug-likeness (QED) is 0.857. The highest BCUT2D eigenvalue weighted by Gasteiger charge is 2.46. The number of piperidine rings is 1. The number of fused-ring (bicyclic) bond motifs is 3. The first-order valence-electron chi connectivity index (χ1n) is 8.00. The molecule has 3 heterocycles. The highest BCUT2D eigenvalue weighted by Crippen LogP contribution is 2.39. The van der Waals surface area contributed by atoms with Gasteiger partial charge in [-0.05, 0) is 37.8 Å². The fourth-order valence-corrected chi connectivity index (χ4v) is 4.24. The summed E-state index contributed by atoms with van der Waals surface area (Å²) in [6.45, 7) is 0.272. The first-order valence-corrected chi connectivity index (χ1v) is 8.00. The molecule has 0 spiro atoms. The van der Waals surface area contributed by atoms with Crippen LogP contribution in [0.3, 0.4) is 0 Å². The summed E-state index contributed by atoms with van der Waals surface area (Å²) in [6, 6.07) is 7.19. The number of carbonyl (C=O) groups is 3. The molecule has 0 aromatic heterocycles. The summed E-state index contributed by atoms with van der Waals surface area (Å²) >= 11 is 0. The molecular weight excluding hydrogens is 296 g/mol. The molecule has 2 atom stereocenters. The van der Waals surface area contributed by atoms with E-state index in [0.717, 1.165) is 12.8 Å². The van der Waals surface area contributed by atoms with E-state index < -0.39 is 5.97 Å². The van der Waals surface area contributed by atoms with Crippen LogP contribution < -0.4 is 0 Å². The Bertz CT molecular complexity index is 653. The lowest BCUT2D eigenvalue weighted by atomic mass is 9.91. The van der Waals surface area contributed by atoms with Crippen molar-refractivity contribution in [2.45, 2.75) is 37.8 Å². The van der Waals surface area contributed by atoms with Gasteiger partial charge in [0.1, 0.15) is 0 Å². The minimum atomic E-state index is -0.734. The Morgan fingerprint density at radius 1 is 1.04 bits per heavy atom. The summed E-state index contributed by atoms with van der Waals surface area (Å²) in [4.78, 5) is 39.6. The molecule has 2 amide bonds. The Morgan fingerprint density at radius 3 is 2.04 bits per heavy atom. The molecule has 2 bridgehead atoms. The van der Waals surface area contributed by atoms with Crippen molar-refractivity contribution in [3.05, 3.63) is 35.4 Å². The van der Waals surface area contributed by atoms with E-state index in [1.165, 1.54) is 4.90 Å². The minimum Gasteiger partial charge on any atom is -0.481 e. The van der Waals surface area contributed by atoms with Gasteiger partial charge in [0.25, 0.3) is 11.8 Å². The molecule has 6 nitrogen and oxygen atoms in total. The Hall–Kier alpha value is -2.21. The molecule has 3 aliphatic rings. The average molecular weight is 314 g/mol. The zero-order valence-corrected chi connectivity index (χ0v) is 12.6. The molecule has 4 rings (SSSR count). The smallest absolute Gasteiger partial charge is 0.306 e. The van der Waals surface area contributed by atoms with E-state index in [2.05, 4.69) is 4.90 Å². The van der Waals surface area contributed by atoms with Crippen molar-refractivity contribution in [1.82, 2.24) is 9.80 Å². The van der Waals surface area contributed by atoms with Crippen molar-refractivity contribution in [1.29, 1.82) is 0 Å². The van der Waals surface area contributed by atoms with Gasteiger partial charge in [0.15, 0.2) is 0 Å². The monoisotopic (exact) mass is 314 g/mol. The lowest BCUT2D eigenvalue weighted by molar-refractivity contribution is -0.144. The fraction of sp³-hybridized carbons (Fsp3) is 0.471. The van der Waals surface area contributed by atoms with E-state index in [9.17, 15) is 19.5 Å². The molecule has 6 heteroatoms. The number of rotatable bonds is 3. The average Bonchev–Trinajstić information content (AvgIpc) is 2.91. The number of amides is 2. The van der Waals surface area contributed by atoms with Gasteiger partial charge in [-0.15, -0.1) is 0 Å². The van der Waals surface area contributed by atoms with Gasteiger partial charge < -0.3 is 5.11 Å². The van der Waals surface area contributed by atoms with Crippen molar-refractivity contribution in [2.75, 3.05) is 6.67 Å². The van der Waals surface area contributed by atoms with E-state index >= 15 is 0 Å². The van der Waals surface area contributed by atoms with E-state index in [1.54, 1.807) is 24.3 Å². The van der Waals surface area contributed by atoms with E-state index in [0.29, 0.717) is 24.0 Å². The van der Waals surface area contributed by atoms with Crippen molar-refractivity contribution >= 4 is 17.8 Å². The predicted octanol–water partition coefficient (Wildman–Crippen LogP) is 1.57. The Labute approximate surface area is 133 Å². The molecule has 120 valence electrons. The second-order valence-electron chi connectivity index (χ2n) is 6.63. The van der Waals surface area contributed by atoms with Crippen molar-refractivity contribution in [3.8, 4) is 0 Å². The van der Waals surface area contributed by atoms with Gasteiger partial charge in [0, 0.05) is 12.1 Å². The van der Waals surface area contributed by atoms with Crippen LogP contribution in [-0.4, -0.2) is 51.4 Å². The number of carboxylic acid groups (broad SMARTS) is 1. The third kappa shape index (κ3) is 2.16. The van der Waals surface area contributed by atoms with Crippen molar-refractivity contribution < 1.29 is 19.5 Å². The Morgan fingerprint density at radius 2 is 1.57 bits per heavy atom. The highest BCUT2D eigenvalue weighted by molar-refractivity contribution is 6.21. The minimum absolute atomic E-state index is 0.152. The molecule has 23 heavy (non-hydrogen) atoms. The molecule has 3 aliphatic heterocycles. The maximum absolute atomic E-state index is 12.5.